The van der Waals surface area contributed by atoms with Gasteiger partial charge in [-0.3, -0.25) is 9.59 Å². The van der Waals surface area contributed by atoms with E-state index in [1.54, 1.807) is 10.6 Å². The Morgan fingerprint density at radius 1 is 1.07 bits per heavy atom. The molecule has 3 rings (SSSR count). The van der Waals surface area contributed by atoms with Crippen LogP contribution >= 0.6 is 22.6 Å². The van der Waals surface area contributed by atoms with Gasteiger partial charge in [0.25, 0.3) is 5.91 Å². The van der Waals surface area contributed by atoms with Gasteiger partial charge in [0.2, 0.25) is 5.91 Å². The molecule has 0 bridgehead atoms. The minimum absolute atomic E-state index is 0.0139. The summed E-state index contributed by atoms with van der Waals surface area (Å²) in [5.41, 5.74) is 1.60. The lowest BCUT2D eigenvalue weighted by molar-refractivity contribution is -0.124. The van der Waals surface area contributed by atoms with Gasteiger partial charge >= 0.3 is 0 Å². The molecule has 1 atom stereocenters. The third kappa shape index (κ3) is 5.36. The van der Waals surface area contributed by atoms with Crippen molar-refractivity contribution in [1.29, 1.82) is 0 Å². The summed E-state index contributed by atoms with van der Waals surface area (Å²) in [7, 11) is 0. The van der Waals surface area contributed by atoms with Crippen LogP contribution in [0.15, 0.2) is 67.0 Å². The summed E-state index contributed by atoms with van der Waals surface area (Å²) >= 11 is 2.18. The quantitative estimate of drug-likeness (QED) is 0.370. The van der Waals surface area contributed by atoms with Crippen LogP contribution in [0, 0.1) is 3.57 Å². The van der Waals surface area contributed by atoms with Gasteiger partial charge in [-0.2, -0.15) is 0 Å². The maximum absolute atomic E-state index is 12.6. The number of aromatic nitrogens is 1. The molecule has 0 aliphatic heterocycles. The fraction of sp³-hybridized carbons (Fsp3) is 0.143. The van der Waals surface area contributed by atoms with Crippen molar-refractivity contribution < 1.29 is 19.8 Å². The van der Waals surface area contributed by atoms with Crippen molar-refractivity contribution in [2.75, 3.05) is 6.61 Å². The van der Waals surface area contributed by atoms with Crippen LogP contribution in [-0.4, -0.2) is 39.2 Å². The molecule has 1 aromatic heterocycles. The second kappa shape index (κ2) is 9.57. The van der Waals surface area contributed by atoms with E-state index in [0.29, 0.717) is 5.69 Å². The normalized spacial score (nSPS) is 11.7. The fourth-order valence-electron chi connectivity index (χ4n) is 2.76. The van der Waals surface area contributed by atoms with E-state index in [1.807, 2.05) is 48.8 Å². The first-order valence-electron chi connectivity index (χ1n) is 8.88. The van der Waals surface area contributed by atoms with Gasteiger partial charge in [0.15, 0.2) is 0 Å². The number of benzene rings is 2. The summed E-state index contributed by atoms with van der Waals surface area (Å²) in [4.78, 5) is 25.0. The number of hydrogen-bond acceptors (Lipinski definition) is 4. The summed E-state index contributed by atoms with van der Waals surface area (Å²) in [6.45, 7) is -0.293. The molecule has 0 unspecified atom stereocenters. The van der Waals surface area contributed by atoms with Crippen molar-refractivity contribution in [2.45, 2.75) is 12.6 Å². The summed E-state index contributed by atoms with van der Waals surface area (Å²) < 4.78 is 2.83. The fourth-order valence-corrected chi connectivity index (χ4v) is 3.37. The molecule has 150 valence electrons. The van der Waals surface area contributed by atoms with E-state index in [9.17, 15) is 19.8 Å². The Morgan fingerprint density at radius 2 is 1.83 bits per heavy atom. The highest BCUT2D eigenvalue weighted by molar-refractivity contribution is 14.1. The average Bonchev–Trinajstić information content (AvgIpc) is 3.25. The number of nitrogens with zero attached hydrogens (tertiary/aromatic N) is 1. The van der Waals surface area contributed by atoms with E-state index >= 15 is 0 Å². The molecule has 8 heteroatoms. The molecule has 0 aliphatic carbocycles. The third-order valence-electron chi connectivity index (χ3n) is 4.29. The molecule has 0 spiro atoms. The number of nitrogens with one attached hydrogen (secondary N) is 2. The van der Waals surface area contributed by atoms with Gasteiger partial charge in [-0.25, -0.2) is 0 Å². The van der Waals surface area contributed by atoms with Crippen LogP contribution in [0.2, 0.25) is 0 Å². The number of carbonyl (C=O) groups excluding carboxylic acids is 2. The zero-order valence-electron chi connectivity index (χ0n) is 15.4. The first-order valence-corrected chi connectivity index (χ1v) is 9.96. The second-order valence-corrected chi connectivity index (χ2v) is 7.59. The first-order chi connectivity index (χ1) is 14.0. The summed E-state index contributed by atoms with van der Waals surface area (Å²) in [5.74, 6) is -1.38. The average molecular weight is 505 g/mol. The standard InChI is InChI=1S/C21H20IN3O4/c22-15-5-3-4-14(10-15)12-23-21(29)18(13-26)24-20(28)17-11-16(6-7-19(17)27)25-8-1-2-9-25/h1-11,18,26-27H,12-13H2,(H,23,29)(H,24,28)/t18-/m0/s1. The summed E-state index contributed by atoms with van der Waals surface area (Å²) in [6.07, 6.45) is 3.62. The lowest BCUT2D eigenvalue weighted by Gasteiger charge is -2.17. The number of aromatic hydroxyl groups is 1. The maximum atomic E-state index is 12.6. The van der Waals surface area contributed by atoms with Crippen molar-refractivity contribution >= 4 is 34.4 Å². The number of rotatable bonds is 7. The van der Waals surface area contributed by atoms with Gasteiger partial charge in [-0.15, -0.1) is 0 Å². The van der Waals surface area contributed by atoms with Gasteiger partial charge in [0.1, 0.15) is 11.8 Å². The van der Waals surface area contributed by atoms with Crippen molar-refractivity contribution in [3.8, 4) is 11.4 Å². The number of phenolic OH excluding ortho intramolecular Hbond substituents is 1. The molecule has 3 aromatic rings. The van der Waals surface area contributed by atoms with Crippen LogP contribution in [0.5, 0.6) is 5.75 Å². The zero-order chi connectivity index (χ0) is 20.8. The van der Waals surface area contributed by atoms with E-state index in [1.165, 1.54) is 12.1 Å². The Bertz CT molecular complexity index is 1000. The van der Waals surface area contributed by atoms with E-state index in [0.717, 1.165) is 9.13 Å². The van der Waals surface area contributed by atoms with Crippen LogP contribution in [0.4, 0.5) is 0 Å². The highest BCUT2D eigenvalue weighted by Crippen LogP contribution is 2.21. The lowest BCUT2D eigenvalue weighted by Crippen LogP contribution is -2.48. The van der Waals surface area contributed by atoms with Gasteiger partial charge in [-0.05, 0) is 70.6 Å². The molecule has 4 N–H and O–H groups in total. The highest BCUT2D eigenvalue weighted by Gasteiger charge is 2.22. The Morgan fingerprint density at radius 3 is 2.52 bits per heavy atom. The molecule has 0 fully saturated rings. The van der Waals surface area contributed by atoms with Gasteiger partial charge < -0.3 is 25.4 Å². The van der Waals surface area contributed by atoms with E-state index < -0.39 is 24.5 Å². The smallest absolute Gasteiger partial charge is 0.255 e. The molecule has 0 saturated heterocycles. The Balaban J connectivity index is 1.67. The number of amides is 2. The third-order valence-corrected chi connectivity index (χ3v) is 4.96. The maximum Gasteiger partial charge on any atom is 0.255 e. The van der Waals surface area contributed by atoms with E-state index in [-0.39, 0.29) is 17.9 Å². The van der Waals surface area contributed by atoms with Crippen LogP contribution in [0.1, 0.15) is 15.9 Å². The molecule has 1 heterocycles. The van der Waals surface area contributed by atoms with Crippen LogP contribution in [-0.2, 0) is 11.3 Å². The monoisotopic (exact) mass is 505 g/mol. The van der Waals surface area contributed by atoms with Crippen LogP contribution < -0.4 is 10.6 Å². The minimum Gasteiger partial charge on any atom is -0.507 e. The minimum atomic E-state index is -1.14. The Labute approximate surface area is 181 Å². The summed E-state index contributed by atoms with van der Waals surface area (Å²) in [6, 6.07) is 14.8. The number of halogens is 1. The molecule has 0 radical (unpaired) electrons. The Kier molecular flexibility index (Phi) is 6.89. The number of aliphatic hydroxyl groups excluding tert-OH is 1. The molecule has 2 amide bonds. The molecule has 7 nitrogen and oxygen atoms in total. The first kappa shape index (κ1) is 20.9. The molecule has 2 aromatic carbocycles. The molecular weight excluding hydrogens is 485 g/mol. The molecule has 0 aliphatic rings. The van der Waals surface area contributed by atoms with Crippen molar-refractivity contribution in [3.05, 3.63) is 81.7 Å². The van der Waals surface area contributed by atoms with Gasteiger partial charge in [0.05, 0.1) is 12.2 Å². The SMILES string of the molecule is O=C(N[C@@H](CO)C(=O)NCc1cccc(I)c1)c1cc(-n2cccc2)ccc1O. The molecule has 0 saturated carbocycles. The van der Waals surface area contributed by atoms with Crippen molar-refractivity contribution in [1.82, 2.24) is 15.2 Å². The van der Waals surface area contributed by atoms with E-state index in [4.69, 9.17) is 0 Å². The van der Waals surface area contributed by atoms with Crippen LogP contribution in [0.25, 0.3) is 5.69 Å². The number of phenols is 1. The number of aliphatic hydroxyl groups is 1. The number of hydrogen-bond donors (Lipinski definition) is 4. The molecule has 29 heavy (non-hydrogen) atoms. The number of carbonyl (C=O) groups is 2. The summed E-state index contributed by atoms with van der Waals surface area (Å²) in [5, 5.41) is 24.8. The molecular formula is C21H20IN3O4. The lowest BCUT2D eigenvalue weighted by atomic mass is 10.1. The van der Waals surface area contributed by atoms with Gasteiger partial charge in [0, 0.05) is 28.2 Å². The van der Waals surface area contributed by atoms with Crippen molar-refractivity contribution in [3.63, 3.8) is 0 Å². The predicted octanol–water partition coefficient (Wildman–Crippen LogP) is 2.19. The predicted molar refractivity (Wildman–Crippen MR) is 117 cm³/mol. The van der Waals surface area contributed by atoms with E-state index in [2.05, 4.69) is 33.2 Å². The zero-order valence-corrected chi connectivity index (χ0v) is 17.5. The van der Waals surface area contributed by atoms with Crippen LogP contribution in [0.3, 0.4) is 0 Å². The second-order valence-electron chi connectivity index (χ2n) is 6.35. The highest BCUT2D eigenvalue weighted by atomic mass is 127. The van der Waals surface area contributed by atoms with Crippen molar-refractivity contribution in [2.24, 2.45) is 0 Å². The topological polar surface area (TPSA) is 104 Å². The Hall–Kier alpha value is -2.85. The van der Waals surface area contributed by atoms with Gasteiger partial charge in [-0.1, -0.05) is 12.1 Å². The largest absolute Gasteiger partial charge is 0.507 e.